The monoisotopic (exact) mass is 445 g/mol. The molecule has 0 aliphatic carbocycles. The Morgan fingerprint density at radius 2 is 2.00 bits per heavy atom. The lowest BCUT2D eigenvalue weighted by Gasteiger charge is -2.27. The molecule has 1 amide bonds. The number of pyridine rings is 1. The molecule has 1 aliphatic rings. The minimum Gasteiger partial charge on any atom is -0.480 e. The van der Waals surface area contributed by atoms with Crippen molar-refractivity contribution in [3.63, 3.8) is 0 Å². The van der Waals surface area contributed by atoms with Gasteiger partial charge in [0.1, 0.15) is 11.6 Å². The molecule has 2 heterocycles. The predicted octanol–water partition coefficient (Wildman–Crippen LogP) is 3.58. The summed E-state index contributed by atoms with van der Waals surface area (Å²) < 4.78 is 41.2. The van der Waals surface area contributed by atoms with Crippen LogP contribution in [0.15, 0.2) is 42.6 Å². The lowest BCUT2D eigenvalue weighted by atomic mass is 9.85. The van der Waals surface area contributed by atoms with Crippen LogP contribution >= 0.6 is 11.6 Å². The Morgan fingerprint density at radius 1 is 1.29 bits per heavy atom. The van der Waals surface area contributed by atoms with Crippen LogP contribution in [0.4, 0.5) is 8.78 Å². The highest BCUT2D eigenvalue weighted by Crippen LogP contribution is 2.50. The first-order valence-corrected chi connectivity index (χ1v) is 9.69. The topological polar surface area (TPSA) is 100 Å². The first-order chi connectivity index (χ1) is 14.8. The molecule has 1 unspecified atom stereocenters. The van der Waals surface area contributed by atoms with Gasteiger partial charge in [-0.1, -0.05) is 41.9 Å². The molecular formula is C22H18ClF2N3O3. The van der Waals surface area contributed by atoms with Crippen molar-refractivity contribution in [2.24, 2.45) is 11.5 Å². The Kier molecular flexibility index (Phi) is 5.28. The third-order valence-electron chi connectivity index (χ3n) is 5.38. The molecule has 4 N–H and O–H groups in total. The Labute approximate surface area is 181 Å². The molecular weight excluding hydrogens is 428 g/mol. The summed E-state index contributed by atoms with van der Waals surface area (Å²) in [4.78, 5) is 15.8. The van der Waals surface area contributed by atoms with Gasteiger partial charge in [0.25, 0.3) is 11.8 Å². The standard InChI is InChI=1S/C22H18ClF2N3O3/c1-30-21-19(25)17(13(9-28-21)20(27)29)16-12-8-22(10-26,11-5-3-2-4-6-11)31-15(12)7-14(24)18(16)23/h2-7,9H,8,10,26H2,1H3,(H2,27,29). The van der Waals surface area contributed by atoms with Crippen molar-refractivity contribution >= 4 is 17.5 Å². The molecule has 160 valence electrons. The molecule has 0 saturated heterocycles. The maximum Gasteiger partial charge on any atom is 0.251 e. The first kappa shape index (κ1) is 21.0. The number of benzene rings is 2. The second-order valence-electron chi connectivity index (χ2n) is 7.10. The molecule has 0 fully saturated rings. The molecule has 3 aromatic rings. The molecule has 0 spiro atoms. The van der Waals surface area contributed by atoms with E-state index < -0.39 is 23.1 Å². The Bertz CT molecular complexity index is 1190. The summed E-state index contributed by atoms with van der Waals surface area (Å²) >= 11 is 6.30. The number of primary amides is 1. The van der Waals surface area contributed by atoms with E-state index in [0.29, 0.717) is 5.56 Å². The first-order valence-electron chi connectivity index (χ1n) is 9.31. The number of carbonyl (C=O) groups is 1. The molecule has 31 heavy (non-hydrogen) atoms. The highest BCUT2D eigenvalue weighted by molar-refractivity contribution is 6.34. The average molecular weight is 446 g/mol. The van der Waals surface area contributed by atoms with Gasteiger partial charge < -0.3 is 20.9 Å². The molecule has 1 aliphatic heterocycles. The van der Waals surface area contributed by atoms with E-state index in [4.69, 9.17) is 32.5 Å². The van der Waals surface area contributed by atoms with Gasteiger partial charge in [-0.3, -0.25) is 4.79 Å². The molecule has 6 nitrogen and oxygen atoms in total. The summed E-state index contributed by atoms with van der Waals surface area (Å²) in [6.45, 7) is 0.0647. The summed E-state index contributed by atoms with van der Waals surface area (Å²) in [5, 5.41) is -0.377. The number of fused-ring (bicyclic) bond motifs is 1. The van der Waals surface area contributed by atoms with Crippen molar-refractivity contribution in [2.45, 2.75) is 12.0 Å². The minimum atomic E-state index is -1.02. The fourth-order valence-electron chi connectivity index (χ4n) is 3.88. The van der Waals surface area contributed by atoms with Crippen LogP contribution in [0.5, 0.6) is 11.6 Å². The number of amides is 1. The third kappa shape index (κ3) is 3.28. The highest BCUT2D eigenvalue weighted by Gasteiger charge is 2.43. The molecule has 0 bridgehead atoms. The van der Waals surface area contributed by atoms with Gasteiger partial charge in [-0.15, -0.1) is 0 Å². The Balaban J connectivity index is 2.01. The van der Waals surface area contributed by atoms with Gasteiger partial charge >= 0.3 is 0 Å². The SMILES string of the molecule is COc1ncc(C(N)=O)c(-c2c(Cl)c(F)cc3c2CC(CN)(c2ccccc2)O3)c1F. The lowest BCUT2D eigenvalue weighted by Crippen LogP contribution is -2.39. The van der Waals surface area contributed by atoms with E-state index in [1.165, 1.54) is 7.11 Å². The van der Waals surface area contributed by atoms with Gasteiger partial charge in [0.2, 0.25) is 0 Å². The number of methoxy groups -OCH3 is 1. The van der Waals surface area contributed by atoms with Crippen LogP contribution in [0.2, 0.25) is 5.02 Å². The van der Waals surface area contributed by atoms with Crippen molar-refractivity contribution in [3.8, 4) is 22.8 Å². The lowest BCUT2D eigenvalue weighted by molar-refractivity contribution is 0.0999. The molecule has 1 aromatic heterocycles. The van der Waals surface area contributed by atoms with Gasteiger partial charge in [0.15, 0.2) is 11.4 Å². The van der Waals surface area contributed by atoms with Crippen LogP contribution in [-0.2, 0) is 12.0 Å². The van der Waals surface area contributed by atoms with E-state index in [0.717, 1.165) is 17.8 Å². The zero-order chi connectivity index (χ0) is 22.3. The van der Waals surface area contributed by atoms with Crippen molar-refractivity contribution in [1.29, 1.82) is 0 Å². The van der Waals surface area contributed by atoms with Gasteiger partial charge in [0, 0.05) is 41.9 Å². The van der Waals surface area contributed by atoms with Crippen LogP contribution < -0.4 is 20.9 Å². The number of carbonyl (C=O) groups excluding carboxylic acids is 1. The zero-order valence-electron chi connectivity index (χ0n) is 16.4. The maximum absolute atomic E-state index is 15.3. The largest absolute Gasteiger partial charge is 0.480 e. The molecule has 0 saturated carbocycles. The third-order valence-corrected chi connectivity index (χ3v) is 5.75. The van der Waals surface area contributed by atoms with E-state index in [1.54, 1.807) is 0 Å². The number of rotatable bonds is 5. The Hall–Kier alpha value is -3.23. The summed E-state index contributed by atoms with van der Waals surface area (Å²) in [5.74, 6) is -3.02. The van der Waals surface area contributed by atoms with E-state index in [2.05, 4.69) is 4.98 Å². The summed E-state index contributed by atoms with van der Waals surface area (Å²) in [7, 11) is 1.22. The second kappa shape index (κ2) is 7.79. The molecule has 2 aromatic carbocycles. The quantitative estimate of drug-likeness (QED) is 0.625. The van der Waals surface area contributed by atoms with Gasteiger partial charge in [0.05, 0.1) is 17.7 Å². The van der Waals surface area contributed by atoms with Crippen molar-refractivity contribution in [1.82, 2.24) is 4.98 Å². The van der Waals surface area contributed by atoms with E-state index in [-0.39, 0.29) is 46.3 Å². The van der Waals surface area contributed by atoms with Crippen LogP contribution in [0.3, 0.4) is 0 Å². The summed E-state index contributed by atoms with van der Waals surface area (Å²) in [6.07, 6.45) is 1.23. The smallest absolute Gasteiger partial charge is 0.251 e. The summed E-state index contributed by atoms with van der Waals surface area (Å²) in [6, 6.07) is 10.3. The number of aromatic nitrogens is 1. The van der Waals surface area contributed by atoms with Gasteiger partial charge in [-0.05, 0) is 5.56 Å². The number of halogens is 3. The summed E-state index contributed by atoms with van der Waals surface area (Å²) in [5.41, 5.74) is 11.0. The maximum atomic E-state index is 15.3. The Morgan fingerprint density at radius 3 is 2.61 bits per heavy atom. The van der Waals surface area contributed by atoms with Crippen LogP contribution in [0.1, 0.15) is 21.5 Å². The normalized spacial score (nSPS) is 17.2. The number of nitrogens with zero attached hydrogens (tertiary/aromatic N) is 1. The van der Waals surface area contributed by atoms with Crippen molar-refractivity contribution in [3.05, 3.63) is 75.9 Å². The number of ether oxygens (including phenoxy) is 2. The highest BCUT2D eigenvalue weighted by atomic mass is 35.5. The van der Waals surface area contributed by atoms with Crippen LogP contribution in [0.25, 0.3) is 11.1 Å². The van der Waals surface area contributed by atoms with Crippen LogP contribution in [-0.4, -0.2) is 24.5 Å². The predicted molar refractivity (Wildman–Crippen MR) is 111 cm³/mol. The van der Waals surface area contributed by atoms with E-state index in [9.17, 15) is 9.18 Å². The molecule has 1 atom stereocenters. The number of hydrogen-bond acceptors (Lipinski definition) is 5. The van der Waals surface area contributed by atoms with Gasteiger partial charge in [-0.25, -0.2) is 13.8 Å². The number of nitrogens with two attached hydrogens (primary N) is 2. The fourth-order valence-corrected chi connectivity index (χ4v) is 4.14. The average Bonchev–Trinajstić information content (AvgIpc) is 3.15. The molecule has 0 radical (unpaired) electrons. The fraction of sp³-hybridized carbons (Fsp3) is 0.182. The van der Waals surface area contributed by atoms with Crippen molar-refractivity contribution < 1.29 is 23.0 Å². The van der Waals surface area contributed by atoms with Crippen LogP contribution in [0, 0.1) is 11.6 Å². The zero-order valence-corrected chi connectivity index (χ0v) is 17.2. The minimum absolute atomic E-state index is 0.0464. The van der Waals surface area contributed by atoms with Gasteiger partial charge in [-0.2, -0.15) is 0 Å². The van der Waals surface area contributed by atoms with E-state index >= 15 is 4.39 Å². The number of hydrogen-bond donors (Lipinski definition) is 2. The molecule has 9 heteroatoms. The molecule has 4 rings (SSSR count). The van der Waals surface area contributed by atoms with E-state index in [1.807, 2.05) is 30.3 Å². The van der Waals surface area contributed by atoms with Crippen molar-refractivity contribution in [2.75, 3.05) is 13.7 Å². The second-order valence-corrected chi connectivity index (χ2v) is 7.48.